The van der Waals surface area contributed by atoms with Gasteiger partial charge < -0.3 is 0 Å². The minimum absolute atomic E-state index is 0.522. The van der Waals surface area contributed by atoms with Crippen LogP contribution in [-0.2, 0) is 13.1 Å². The van der Waals surface area contributed by atoms with Gasteiger partial charge in [0.2, 0.25) is 0 Å². The van der Waals surface area contributed by atoms with Gasteiger partial charge in [-0.25, -0.2) is 0 Å². The third kappa shape index (κ3) is 1.99. The average molecular weight is 218 g/mol. The van der Waals surface area contributed by atoms with Crippen LogP contribution < -0.4 is 0 Å². The molecule has 2 rings (SSSR count). The summed E-state index contributed by atoms with van der Waals surface area (Å²) in [4.78, 5) is 7.21. The Balaban J connectivity index is 2.51. The second-order valence-electron chi connectivity index (χ2n) is 5.55. The van der Waals surface area contributed by atoms with E-state index in [4.69, 9.17) is 4.98 Å². The van der Waals surface area contributed by atoms with Crippen molar-refractivity contribution in [2.45, 2.75) is 52.6 Å². The zero-order valence-corrected chi connectivity index (χ0v) is 11.0. The first-order chi connectivity index (χ1) is 7.49. The highest BCUT2D eigenvalue weighted by atomic mass is 15.1. The van der Waals surface area contributed by atoms with Gasteiger partial charge in [0.15, 0.2) is 0 Å². The highest BCUT2D eigenvalue weighted by Crippen LogP contribution is 2.30. The molecule has 0 radical (unpaired) electrons. The number of rotatable bonds is 2. The van der Waals surface area contributed by atoms with E-state index in [1.165, 1.54) is 22.5 Å². The molecule has 1 aromatic heterocycles. The molecule has 88 valence electrons. The fourth-order valence-corrected chi connectivity index (χ4v) is 2.38. The number of fused-ring (bicyclic) bond motifs is 1. The van der Waals surface area contributed by atoms with Crippen molar-refractivity contribution in [1.29, 1.82) is 0 Å². The summed E-state index contributed by atoms with van der Waals surface area (Å²) in [5, 5.41) is 0. The molecule has 0 aromatic carbocycles. The van der Waals surface area contributed by atoms with Gasteiger partial charge in [0, 0.05) is 24.5 Å². The van der Waals surface area contributed by atoms with E-state index in [2.05, 4.69) is 45.7 Å². The van der Waals surface area contributed by atoms with Crippen LogP contribution >= 0.6 is 0 Å². The molecule has 0 saturated heterocycles. The van der Waals surface area contributed by atoms with E-state index in [-0.39, 0.29) is 0 Å². The van der Waals surface area contributed by atoms with E-state index in [9.17, 15) is 0 Å². The molecule has 1 aliphatic heterocycles. The number of hydrogen-bond acceptors (Lipinski definition) is 2. The first kappa shape index (κ1) is 11.6. The fourth-order valence-electron chi connectivity index (χ4n) is 2.38. The molecule has 0 unspecified atom stereocenters. The molecule has 0 N–H and O–H groups in total. The zero-order chi connectivity index (χ0) is 11.9. The van der Waals surface area contributed by atoms with E-state index in [0.29, 0.717) is 11.8 Å². The minimum atomic E-state index is 0.522. The number of pyridine rings is 1. The first-order valence-electron chi connectivity index (χ1n) is 6.20. The van der Waals surface area contributed by atoms with Crippen LogP contribution in [-0.4, -0.2) is 16.9 Å². The van der Waals surface area contributed by atoms with Gasteiger partial charge in [-0.15, -0.1) is 0 Å². The Morgan fingerprint density at radius 1 is 1.12 bits per heavy atom. The lowest BCUT2D eigenvalue weighted by atomic mass is 9.97. The van der Waals surface area contributed by atoms with Crippen molar-refractivity contribution < 1.29 is 0 Å². The number of nitrogens with zero attached hydrogens (tertiary/aromatic N) is 2. The maximum atomic E-state index is 4.85. The maximum absolute atomic E-state index is 4.85. The van der Waals surface area contributed by atoms with Crippen molar-refractivity contribution in [3.05, 3.63) is 28.6 Å². The fraction of sp³-hybridized carbons (Fsp3) is 0.643. The maximum Gasteiger partial charge on any atom is 0.0480 e. The van der Waals surface area contributed by atoms with Gasteiger partial charge in [-0.05, 0) is 36.1 Å². The lowest BCUT2D eigenvalue weighted by Gasteiger charge is -2.14. The zero-order valence-electron chi connectivity index (χ0n) is 11.0. The minimum Gasteiger partial charge on any atom is -0.298 e. The topological polar surface area (TPSA) is 16.1 Å². The Morgan fingerprint density at radius 3 is 2.38 bits per heavy atom. The molecular weight excluding hydrogens is 196 g/mol. The molecule has 0 saturated carbocycles. The second-order valence-corrected chi connectivity index (χ2v) is 5.55. The van der Waals surface area contributed by atoms with Crippen molar-refractivity contribution >= 4 is 0 Å². The lowest BCUT2D eigenvalue weighted by Crippen LogP contribution is -2.08. The summed E-state index contributed by atoms with van der Waals surface area (Å²) < 4.78 is 0. The van der Waals surface area contributed by atoms with Gasteiger partial charge in [0.05, 0.1) is 0 Å². The summed E-state index contributed by atoms with van der Waals surface area (Å²) >= 11 is 0. The van der Waals surface area contributed by atoms with Gasteiger partial charge in [0.1, 0.15) is 0 Å². The molecule has 0 fully saturated rings. The summed E-state index contributed by atoms with van der Waals surface area (Å²) in [5.41, 5.74) is 5.52. The molecule has 2 heterocycles. The molecule has 0 spiro atoms. The molecule has 0 atom stereocenters. The van der Waals surface area contributed by atoms with Crippen molar-refractivity contribution in [3.8, 4) is 0 Å². The van der Waals surface area contributed by atoms with Gasteiger partial charge in [0.25, 0.3) is 0 Å². The monoisotopic (exact) mass is 218 g/mol. The van der Waals surface area contributed by atoms with Gasteiger partial charge in [-0.2, -0.15) is 0 Å². The molecule has 16 heavy (non-hydrogen) atoms. The Morgan fingerprint density at radius 2 is 1.81 bits per heavy atom. The largest absolute Gasteiger partial charge is 0.298 e. The van der Waals surface area contributed by atoms with Crippen LogP contribution in [0.4, 0.5) is 0 Å². The SMILES string of the molecule is CC(C)c1cc2c(c(C(C)C)n1)CN(C)C2. The van der Waals surface area contributed by atoms with E-state index >= 15 is 0 Å². The van der Waals surface area contributed by atoms with Gasteiger partial charge in [-0.3, -0.25) is 9.88 Å². The van der Waals surface area contributed by atoms with Crippen LogP contribution in [0.3, 0.4) is 0 Å². The molecule has 2 nitrogen and oxygen atoms in total. The van der Waals surface area contributed by atoms with E-state index in [1.54, 1.807) is 0 Å². The molecule has 1 aromatic rings. The molecule has 2 heteroatoms. The molecule has 0 amide bonds. The Hall–Kier alpha value is -0.890. The first-order valence-corrected chi connectivity index (χ1v) is 6.20. The van der Waals surface area contributed by atoms with Crippen molar-refractivity contribution in [1.82, 2.24) is 9.88 Å². The Bertz CT molecular complexity index is 394. The average Bonchev–Trinajstić information content (AvgIpc) is 2.55. The number of aromatic nitrogens is 1. The van der Waals surface area contributed by atoms with Gasteiger partial charge >= 0.3 is 0 Å². The van der Waals surface area contributed by atoms with E-state index < -0.39 is 0 Å². The third-order valence-electron chi connectivity index (χ3n) is 3.28. The predicted octanol–water partition coefficient (Wildman–Crippen LogP) is 3.27. The Labute approximate surface area is 98.7 Å². The van der Waals surface area contributed by atoms with Crippen LogP contribution in [0.15, 0.2) is 6.07 Å². The van der Waals surface area contributed by atoms with Crippen molar-refractivity contribution in [2.75, 3.05) is 7.05 Å². The number of hydrogen-bond donors (Lipinski definition) is 0. The standard InChI is InChI=1S/C14H22N2/c1-9(2)13-6-11-7-16(5)8-12(11)14(15-13)10(3)4/h6,9-10H,7-8H2,1-5H3. The molecular formula is C14H22N2. The summed E-state index contributed by atoms with van der Waals surface area (Å²) in [6.07, 6.45) is 0. The Kier molecular flexibility index (Phi) is 3.02. The second kappa shape index (κ2) is 4.17. The summed E-state index contributed by atoms with van der Waals surface area (Å²) in [6, 6.07) is 2.30. The van der Waals surface area contributed by atoms with Crippen molar-refractivity contribution in [3.63, 3.8) is 0 Å². The van der Waals surface area contributed by atoms with Crippen LogP contribution in [0.1, 0.15) is 62.0 Å². The van der Waals surface area contributed by atoms with Crippen LogP contribution in [0.25, 0.3) is 0 Å². The summed E-state index contributed by atoms with van der Waals surface area (Å²) in [7, 11) is 2.18. The van der Waals surface area contributed by atoms with Crippen LogP contribution in [0.5, 0.6) is 0 Å². The quantitative estimate of drug-likeness (QED) is 0.757. The molecule has 1 aliphatic rings. The summed E-state index contributed by atoms with van der Waals surface area (Å²) in [5.74, 6) is 1.05. The van der Waals surface area contributed by atoms with Crippen LogP contribution in [0, 0.1) is 0 Å². The normalized spacial score (nSPS) is 16.2. The predicted molar refractivity (Wildman–Crippen MR) is 67.6 cm³/mol. The summed E-state index contributed by atoms with van der Waals surface area (Å²) in [6.45, 7) is 11.1. The van der Waals surface area contributed by atoms with Gasteiger partial charge in [-0.1, -0.05) is 27.7 Å². The highest BCUT2D eigenvalue weighted by Gasteiger charge is 2.22. The van der Waals surface area contributed by atoms with Crippen LogP contribution in [0.2, 0.25) is 0 Å². The lowest BCUT2D eigenvalue weighted by molar-refractivity contribution is 0.352. The van der Waals surface area contributed by atoms with Crippen molar-refractivity contribution in [2.24, 2.45) is 0 Å². The third-order valence-corrected chi connectivity index (χ3v) is 3.28. The molecule has 0 aliphatic carbocycles. The highest BCUT2D eigenvalue weighted by molar-refractivity contribution is 5.37. The molecule has 0 bridgehead atoms. The van der Waals surface area contributed by atoms with E-state index in [1.807, 2.05) is 0 Å². The van der Waals surface area contributed by atoms with E-state index in [0.717, 1.165) is 13.1 Å². The smallest absolute Gasteiger partial charge is 0.0480 e.